The molecule has 150 valence electrons. The van der Waals surface area contributed by atoms with E-state index in [4.69, 9.17) is 16.0 Å². The maximum atomic E-state index is 12.0. The van der Waals surface area contributed by atoms with Crippen LogP contribution in [-0.2, 0) is 4.79 Å². The van der Waals surface area contributed by atoms with Crippen molar-refractivity contribution in [3.8, 4) is 28.2 Å². The quantitative estimate of drug-likeness (QED) is 0.335. The van der Waals surface area contributed by atoms with Crippen LogP contribution in [0.3, 0.4) is 0 Å². The maximum Gasteiger partial charge on any atom is 0.336 e. The molecule has 30 heavy (non-hydrogen) atoms. The van der Waals surface area contributed by atoms with Crippen LogP contribution in [-0.4, -0.2) is 28.0 Å². The summed E-state index contributed by atoms with van der Waals surface area (Å²) in [4.78, 5) is 35.4. The Morgan fingerprint density at radius 3 is 2.50 bits per heavy atom. The first kappa shape index (κ1) is 19.5. The van der Waals surface area contributed by atoms with Crippen LogP contribution in [0, 0.1) is 0 Å². The molecule has 3 N–H and O–H groups in total. The Balaban J connectivity index is 2.06. The van der Waals surface area contributed by atoms with Crippen molar-refractivity contribution in [3.63, 3.8) is 0 Å². The fourth-order valence-electron chi connectivity index (χ4n) is 3.36. The number of aromatic carboxylic acids is 1. The van der Waals surface area contributed by atoms with E-state index in [1.54, 1.807) is 24.3 Å². The SMILES string of the molecule is O=C(CCl)Nc1ccc(-c2c3ccc(=O)cc-3oc3cc(O)ccc23)c(C(=O)O)c1. The smallest absolute Gasteiger partial charge is 0.336 e. The minimum absolute atomic E-state index is 0.0348. The Morgan fingerprint density at radius 1 is 1.00 bits per heavy atom. The number of phenols is 1. The van der Waals surface area contributed by atoms with Crippen LogP contribution in [0.5, 0.6) is 5.75 Å². The van der Waals surface area contributed by atoms with Crippen molar-refractivity contribution >= 4 is 40.1 Å². The molecule has 0 atom stereocenters. The molecule has 0 radical (unpaired) electrons. The number of carbonyl (C=O) groups excluding carboxylic acids is 1. The van der Waals surface area contributed by atoms with Gasteiger partial charge >= 0.3 is 5.97 Å². The first-order chi connectivity index (χ1) is 14.4. The zero-order valence-corrected chi connectivity index (χ0v) is 16.1. The summed E-state index contributed by atoms with van der Waals surface area (Å²) < 4.78 is 5.78. The lowest BCUT2D eigenvalue weighted by molar-refractivity contribution is -0.113. The molecule has 1 aliphatic heterocycles. The summed E-state index contributed by atoms with van der Waals surface area (Å²) in [7, 11) is 0. The number of anilines is 1. The molecule has 0 saturated carbocycles. The Hall–Kier alpha value is -3.84. The standard InChI is InChI=1S/C22H14ClNO6/c23-10-20(27)24-11-1-4-14(17(7-11)22(28)29)21-15-5-2-12(25)8-18(15)30-19-9-13(26)3-6-16(19)21/h1-9,25H,10H2,(H,24,27)(H,28,29). The number of alkyl halides is 1. The van der Waals surface area contributed by atoms with Crippen molar-refractivity contribution in [1.29, 1.82) is 0 Å². The number of rotatable bonds is 4. The van der Waals surface area contributed by atoms with Crippen LogP contribution in [0.25, 0.3) is 33.4 Å². The van der Waals surface area contributed by atoms with E-state index in [-0.39, 0.29) is 34.1 Å². The van der Waals surface area contributed by atoms with E-state index >= 15 is 0 Å². The third-order valence-corrected chi connectivity index (χ3v) is 4.84. The van der Waals surface area contributed by atoms with Crippen LogP contribution in [0.4, 0.5) is 5.69 Å². The number of carbonyl (C=O) groups is 2. The van der Waals surface area contributed by atoms with Gasteiger partial charge in [0.25, 0.3) is 0 Å². The largest absolute Gasteiger partial charge is 0.508 e. The van der Waals surface area contributed by atoms with E-state index in [1.165, 1.54) is 30.3 Å². The summed E-state index contributed by atoms with van der Waals surface area (Å²) in [6.45, 7) is 0. The molecule has 1 aliphatic carbocycles. The van der Waals surface area contributed by atoms with E-state index in [2.05, 4.69) is 5.32 Å². The van der Waals surface area contributed by atoms with Gasteiger partial charge in [-0.1, -0.05) is 6.07 Å². The maximum absolute atomic E-state index is 12.0. The lowest BCUT2D eigenvalue weighted by atomic mass is 9.90. The van der Waals surface area contributed by atoms with E-state index < -0.39 is 11.9 Å². The molecule has 7 nitrogen and oxygen atoms in total. The molecule has 0 bridgehead atoms. The summed E-state index contributed by atoms with van der Waals surface area (Å²) in [5.41, 5.74) is 1.67. The predicted octanol–water partition coefficient (Wildman–Crippen LogP) is 4.15. The highest BCUT2D eigenvalue weighted by atomic mass is 35.5. The van der Waals surface area contributed by atoms with Crippen LogP contribution in [0.15, 0.2) is 63.8 Å². The van der Waals surface area contributed by atoms with Crippen molar-refractivity contribution in [1.82, 2.24) is 0 Å². The lowest BCUT2D eigenvalue weighted by Gasteiger charge is -2.17. The van der Waals surface area contributed by atoms with Crippen molar-refractivity contribution < 1.29 is 24.2 Å². The number of aromatic hydroxyl groups is 1. The molecule has 0 unspecified atom stereocenters. The molecule has 1 amide bonds. The third kappa shape index (κ3) is 3.46. The van der Waals surface area contributed by atoms with Crippen LogP contribution >= 0.6 is 11.6 Å². The summed E-state index contributed by atoms with van der Waals surface area (Å²) in [5.74, 6) is -1.71. The van der Waals surface area contributed by atoms with E-state index in [1.807, 2.05) is 0 Å². The minimum Gasteiger partial charge on any atom is -0.508 e. The van der Waals surface area contributed by atoms with Gasteiger partial charge in [0, 0.05) is 34.3 Å². The van der Waals surface area contributed by atoms with Gasteiger partial charge in [-0.05, 0) is 42.0 Å². The number of nitrogens with one attached hydrogen (secondary N) is 1. The van der Waals surface area contributed by atoms with Crippen molar-refractivity contribution in [2.75, 3.05) is 11.2 Å². The Kier molecular flexibility index (Phi) is 4.89. The minimum atomic E-state index is -1.20. The van der Waals surface area contributed by atoms with Gasteiger partial charge in [-0.3, -0.25) is 9.59 Å². The van der Waals surface area contributed by atoms with Crippen molar-refractivity contribution in [3.05, 3.63) is 70.4 Å². The number of benzene rings is 3. The first-order valence-corrected chi connectivity index (χ1v) is 9.34. The van der Waals surface area contributed by atoms with Crippen LogP contribution < -0.4 is 10.7 Å². The van der Waals surface area contributed by atoms with E-state index in [0.717, 1.165) is 0 Å². The zero-order chi connectivity index (χ0) is 21.4. The molecule has 4 rings (SSSR count). The van der Waals surface area contributed by atoms with Gasteiger partial charge in [0.2, 0.25) is 5.91 Å². The summed E-state index contributed by atoms with van der Waals surface area (Å²) in [6.07, 6.45) is 0. The molecule has 0 aromatic heterocycles. The second-order valence-corrected chi connectivity index (χ2v) is 6.83. The lowest BCUT2D eigenvalue weighted by Crippen LogP contribution is -2.13. The predicted molar refractivity (Wildman–Crippen MR) is 113 cm³/mol. The van der Waals surface area contributed by atoms with Crippen molar-refractivity contribution in [2.45, 2.75) is 0 Å². The molecule has 0 spiro atoms. The second kappa shape index (κ2) is 7.53. The van der Waals surface area contributed by atoms with E-state index in [9.17, 15) is 24.6 Å². The Labute approximate surface area is 174 Å². The summed E-state index contributed by atoms with van der Waals surface area (Å²) in [5, 5.41) is 22.7. The number of fused-ring (bicyclic) bond motifs is 2. The van der Waals surface area contributed by atoms with Gasteiger partial charge in [0.15, 0.2) is 5.43 Å². The van der Waals surface area contributed by atoms with Gasteiger partial charge in [-0.2, -0.15) is 0 Å². The molecule has 2 aromatic carbocycles. The number of halogens is 1. The normalized spacial score (nSPS) is 11.0. The summed E-state index contributed by atoms with van der Waals surface area (Å²) in [6, 6.07) is 13.2. The van der Waals surface area contributed by atoms with Gasteiger partial charge in [0.05, 0.1) is 5.56 Å². The Morgan fingerprint density at radius 2 is 1.77 bits per heavy atom. The molecule has 0 fully saturated rings. The van der Waals surface area contributed by atoms with Gasteiger partial charge in [-0.25, -0.2) is 4.79 Å². The zero-order valence-electron chi connectivity index (χ0n) is 15.3. The molecule has 8 heteroatoms. The number of carboxylic acid groups (broad SMARTS) is 1. The fraction of sp³-hybridized carbons (Fsp3) is 0.0455. The second-order valence-electron chi connectivity index (χ2n) is 6.56. The number of hydrogen-bond donors (Lipinski definition) is 3. The Bertz CT molecular complexity index is 1340. The topological polar surface area (TPSA) is 117 Å². The highest BCUT2D eigenvalue weighted by Crippen LogP contribution is 2.42. The van der Waals surface area contributed by atoms with Crippen LogP contribution in [0.1, 0.15) is 10.4 Å². The fourth-order valence-corrected chi connectivity index (χ4v) is 3.43. The average molecular weight is 424 g/mol. The third-order valence-electron chi connectivity index (χ3n) is 4.60. The van der Waals surface area contributed by atoms with Gasteiger partial charge in [-0.15, -0.1) is 11.6 Å². The highest BCUT2D eigenvalue weighted by Gasteiger charge is 2.22. The monoisotopic (exact) mass is 423 g/mol. The average Bonchev–Trinajstić information content (AvgIpc) is 2.71. The summed E-state index contributed by atoms with van der Waals surface area (Å²) >= 11 is 5.50. The number of amides is 1. The van der Waals surface area contributed by atoms with E-state index in [0.29, 0.717) is 27.7 Å². The molecular formula is C22H14ClNO6. The number of carboxylic acids is 1. The highest BCUT2D eigenvalue weighted by molar-refractivity contribution is 6.29. The molecule has 0 saturated heterocycles. The van der Waals surface area contributed by atoms with Crippen molar-refractivity contribution in [2.24, 2.45) is 0 Å². The van der Waals surface area contributed by atoms with Crippen LogP contribution in [0.2, 0.25) is 0 Å². The molecule has 1 heterocycles. The first-order valence-electron chi connectivity index (χ1n) is 8.80. The molecule has 2 aromatic rings. The number of hydrogen-bond acceptors (Lipinski definition) is 5. The van der Waals surface area contributed by atoms with Gasteiger partial charge < -0.3 is 19.9 Å². The number of phenolic OH excluding ortho intramolecular Hbond substituents is 1. The molecular weight excluding hydrogens is 410 g/mol. The molecule has 2 aliphatic rings. The van der Waals surface area contributed by atoms with Gasteiger partial charge in [0.1, 0.15) is 23.0 Å².